The van der Waals surface area contributed by atoms with E-state index in [-0.39, 0.29) is 0 Å². The van der Waals surface area contributed by atoms with Crippen molar-refractivity contribution in [3.05, 3.63) is 35.4 Å². The van der Waals surface area contributed by atoms with Gasteiger partial charge in [0.2, 0.25) is 0 Å². The number of unbranched alkanes of at least 4 members (excludes halogenated alkanes) is 1. The van der Waals surface area contributed by atoms with Gasteiger partial charge in [-0.1, -0.05) is 37.6 Å². The van der Waals surface area contributed by atoms with E-state index in [0.29, 0.717) is 19.3 Å². The maximum Gasteiger partial charge on any atom is 0.191 e. The Morgan fingerprint density at radius 2 is 1.84 bits per heavy atom. The highest BCUT2D eigenvalue weighted by molar-refractivity contribution is 5.79. The summed E-state index contributed by atoms with van der Waals surface area (Å²) in [5.41, 5.74) is 2.43. The third kappa shape index (κ3) is 7.88. The lowest BCUT2D eigenvalue weighted by Crippen LogP contribution is -2.37. The number of rotatable bonds is 9. The van der Waals surface area contributed by atoms with E-state index in [4.69, 9.17) is 9.47 Å². The zero-order chi connectivity index (χ0) is 17.7. The minimum Gasteiger partial charge on any atom is -0.381 e. The van der Waals surface area contributed by atoms with Gasteiger partial charge in [-0.3, -0.25) is 0 Å². The average molecular weight is 348 g/mol. The first-order chi connectivity index (χ1) is 12.3. The van der Waals surface area contributed by atoms with Crippen LogP contribution in [0.5, 0.6) is 0 Å². The molecule has 0 unspecified atom stereocenters. The van der Waals surface area contributed by atoms with E-state index < -0.39 is 0 Å². The molecule has 1 aromatic rings. The third-order valence-electron chi connectivity index (χ3n) is 4.26. The average Bonchev–Trinajstić information content (AvgIpc) is 2.66. The van der Waals surface area contributed by atoms with E-state index in [2.05, 4.69) is 53.7 Å². The van der Waals surface area contributed by atoms with Gasteiger partial charge in [0.1, 0.15) is 0 Å². The Morgan fingerprint density at radius 3 is 2.52 bits per heavy atom. The predicted molar refractivity (Wildman–Crippen MR) is 103 cm³/mol. The summed E-state index contributed by atoms with van der Waals surface area (Å²) in [4.78, 5) is 4.65. The monoisotopic (exact) mass is 347 g/mol. The van der Waals surface area contributed by atoms with E-state index in [1.807, 2.05) is 0 Å². The molecule has 0 aliphatic carbocycles. The SMILES string of the molecule is CCCCNC(=NCc1ccc(COC2CCOCC2)cc1)NCC. The fraction of sp³-hybridized carbons (Fsp3) is 0.650. The number of hydrogen-bond donors (Lipinski definition) is 2. The second-order valence-electron chi connectivity index (χ2n) is 6.41. The van der Waals surface area contributed by atoms with Crippen LogP contribution >= 0.6 is 0 Å². The first kappa shape index (κ1) is 19.7. The van der Waals surface area contributed by atoms with Gasteiger partial charge in [0.15, 0.2) is 5.96 Å². The van der Waals surface area contributed by atoms with Crippen molar-refractivity contribution in [3.63, 3.8) is 0 Å². The minimum absolute atomic E-state index is 0.342. The lowest BCUT2D eigenvalue weighted by atomic mass is 10.1. The van der Waals surface area contributed by atoms with Crippen LogP contribution in [-0.2, 0) is 22.6 Å². The summed E-state index contributed by atoms with van der Waals surface area (Å²) in [7, 11) is 0. The predicted octanol–water partition coefficient (Wildman–Crippen LogP) is 3.24. The first-order valence-electron chi connectivity index (χ1n) is 9.61. The molecule has 1 aliphatic heterocycles. The molecule has 2 rings (SSSR count). The molecule has 0 amide bonds. The highest BCUT2D eigenvalue weighted by Gasteiger charge is 2.13. The molecule has 5 heteroatoms. The van der Waals surface area contributed by atoms with Crippen LogP contribution in [0.2, 0.25) is 0 Å². The topological polar surface area (TPSA) is 54.9 Å². The number of nitrogens with zero attached hydrogens (tertiary/aromatic N) is 1. The summed E-state index contributed by atoms with van der Waals surface area (Å²) in [6.07, 6.45) is 4.70. The van der Waals surface area contributed by atoms with Crippen molar-refractivity contribution in [2.75, 3.05) is 26.3 Å². The summed E-state index contributed by atoms with van der Waals surface area (Å²) in [6.45, 7) is 9.12. The van der Waals surface area contributed by atoms with Crippen LogP contribution in [0, 0.1) is 0 Å². The number of nitrogens with one attached hydrogen (secondary N) is 2. The Kier molecular flexibility index (Phi) is 9.37. The van der Waals surface area contributed by atoms with Crippen molar-refractivity contribution in [1.29, 1.82) is 0 Å². The van der Waals surface area contributed by atoms with Crippen LogP contribution in [0.25, 0.3) is 0 Å². The van der Waals surface area contributed by atoms with Crippen molar-refractivity contribution in [3.8, 4) is 0 Å². The molecule has 1 aliphatic rings. The molecule has 0 bridgehead atoms. The Morgan fingerprint density at radius 1 is 1.12 bits per heavy atom. The van der Waals surface area contributed by atoms with Crippen molar-refractivity contribution in [2.24, 2.45) is 4.99 Å². The Balaban J connectivity index is 1.78. The van der Waals surface area contributed by atoms with Gasteiger partial charge in [0.05, 0.1) is 19.3 Å². The molecule has 0 atom stereocenters. The van der Waals surface area contributed by atoms with Gasteiger partial charge < -0.3 is 20.1 Å². The molecule has 140 valence electrons. The van der Waals surface area contributed by atoms with Gasteiger partial charge in [-0.25, -0.2) is 4.99 Å². The molecule has 1 saturated heterocycles. The van der Waals surface area contributed by atoms with Crippen LogP contribution in [0.3, 0.4) is 0 Å². The maximum absolute atomic E-state index is 5.97. The summed E-state index contributed by atoms with van der Waals surface area (Å²) >= 11 is 0. The lowest BCUT2D eigenvalue weighted by molar-refractivity contribution is -0.0390. The van der Waals surface area contributed by atoms with Gasteiger partial charge in [-0.2, -0.15) is 0 Å². The highest BCUT2D eigenvalue weighted by atomic mass is 16.5. The largest absolute Gasteiger partial charge is 0.381 e. The van der Waals surface area contributed by atoms with E-state index >= 15 is 0 Å². The van der Waals surface area contributed by atoms with Gasteiger partial charge in [-0.15, -0.1) is 0 Å². The van der Waals surface area contributed by atoms with E-state index in [1.54, 1.807) is 0 Å². The summed E-state index contributed by atoms with van der Waals surface area (Å²) in [6, 6.07) is 8.56. The van der Waals surface area contributed by atoms with Crippen LogP contribution < -0.4 is 10.6 Å². The van der Waals surface area contributed by atoms with Crippen molar-refractivity contribution < 1.29 is 9.47 Å². The molecule has 0 spiro atoms. The number of ether oxygens (including phenoxy) is 2. The molecule has 1 heterocycles. The molecule has 0 saturated carbocycles. The molecule has 0 aromatic heterocycles. The minimum atomic E-state index is 0.342. The van der Waals surface area contributed by atoms with Crippen molar-refractivity contribution >= 4 is 5.96 Å². The second-order valence-corrected chi connectivity index (χ2v) is 6.41. The zero-order valence-electron chi connectivity index (χ0n) is 15.7. The third-order valence-corrected chi connectivity index (χ3v) is 4.26. The lowest BCUT2D eigenvalue weighted by Gasteiger charge is -2.22. The van der Waals surface area contributed by atoms with Crippen molar-refractivity contribution in [1.82, 2.24) is 10.6 Å². The Labute approximate surface area is 152 Å². The van der Waals surface area contributed by atoms with Crippen LogP contribution in [-0.4, -0.2) is 38.4 Å². The van der Waals surface area contributed by atoms with E-state index in [9.17, 15) is 0 Å². The fourth-order valence-electron chi connectivity index (χ4n) is 2.69. The van der Waals surface area contributed by atoms with E-state index in [0.717, 1.165) is 51.5 Å². The summed E-state index contributed by atoms with van der Waals surface area (Å²) in [5, 5.41) is 6.66. The maximum atomic E-state index is 5.97. The van der Waals surface area contributed by atoms with Crippen LogP contribution in [0.15, 0.2) is 29.3 Å². The highest BCUT2D eigenvalue weighted by Crippen LogP contribution is 2.14. The van der Waals surface area contributed by atoms with Crippen molar-refractivity contribution in [2.45, 2.75) is 58.8 Å². The molecular formula is C20H33N3O2. The standard InChI is InChI=1S/C20H33N3O2/c1-3-5-12-22-20(21-4-2)23-15-17-6-8-18(9-7-17)16-25-19-10-13-24-14-11-19/h6-9,19H,3-5,10-16H2,1-2H3,(H2,21,22,23). The van der Waals surface area contributed by atoms with Gasteiger partial charge in [0, 0.05) is 26.3 Å². The van der Waals surface area contributed by atoms with E-state index in [1.165, 1.54) is 17.5 Å². The number of aliphatic imine (C=N–C) groups is 1. The first-order valence-corrected chi connectivity index (χ1v) is 9.61. The van der Waals surface area contributed by atoms with Crippen LogP contribution in [0.1, 0.15) is 50.7 Å². The number of hydrogen-bond acceptors (Lipinski definition) is 3. The van der Waals surface area contributed by atoms with Gasteiger partial charge in [-0.05, 0) is 37.3 Å². The number of guanidine groups is 1. The molecular weight excluding hydrogens is 314 g/mol. The Bertz CT molecular complexity index is 496. The summed E-state index contributed by atoms with van der Waals surface area (Å²) in [5.74, 6) is 0.892. The quantitative estimate of drug-likeness (QED) is 0.409. The normalized spacial score (nSPS) is 16.0. The molecule has 1 aromatic carbocycles. The Hall–Kier alpha value is -1.59. The molecule has 0 radical (unpaired) electrons. The second kappa shape index (κ2) is 11.9. The van der Waals surface area contributed by atoms with Gasteiger partial charge >= 0.3 is 0 Å². The molecule has 25 heavy (non-hydrogen) atoms. The fourth-order valence-corrected chi connectivity index (χ4v) is 2.69. The smallest absolute Gasteiger partial charge is 0.191 e. The summed E-state index contributed by atoms with van der Waals surface area (Å²) < 4.78 is 11.3. The number of benzene rings is 1. The molecule has 5 nitrogen and oxygen atoms in total. The zero-order valence-corrected chi connectivity index (χ0v) is 15.7. The molecule has 2 N–H and O–H groups in total. The van der Waals surface area contributed by atoms with Gasteiger partial charge in [0.25, 0.3) is 0 Å². The molecule has 1 fully saturated rings. The van der Waals surface area contributed by atoms with Crippen LogP contribution in [0.4, 0.5) is 0 Å².